The largest absolute Gasteiger partial charge is 0.545 e. The number of sulfonamides is 1. The van der Waals surface area contributed by atoms with Crippen LogP contribution in [0.4, 0.5) is 5.69 Å². The summed E-state index contributed by atoms with van der Waals surface area (Å²) >= 11 is 0. The maximum absolute atomic E-state index is 12.4. The molecule has 0 amide bonds. The molecule has 0 radical (unpaired) electrons. The number of aromatic carboxylic acids is 1. The zero-order valence-electron chi connectivity index (χ0n) is 11.1. The Labute approximate surface area is 122 Å². The van der Waals surface area contributed by atoms with Gasteiger partial charge >= 0.3 is 0 Å². The first-order chi connectivity index (χ1) is 9.94. The van der Waals surface area contributed by atoms with Crippen LogP contribution >= 0.6 is 0 Å². The van der Waals surface area contributed by atoms with E-state index in [1.165, 1.54) is 19.2 Å². The van der Waals surface area contributed by atoms with Crippen LogP contribution < -0.4 is 14.6 Å². The van der Waals surface area contributed by atoms with Gasteiger partial charge in [-0.05, 0) is 35.9 Å². The molecule has 0 fully saturated rings. The molecule has 0 spiro atoms. The number of ether oxygens (including phenoxy) is 1. The lowest BCUT2D eigenvalue weighted by Crippen LogP contribution is -2.23. The van der Waals surface area contributed by atoms with Gasteiger partial charge in [0.2, 0.25) is 0 Å². The van der Waals surface area contributed by atoms with Gasteiger partial charge in [-0.25, -0.2) is 8.42 Å². The van der Waals surface area contributed by atoms with Crippen molar-refractivity contribution in [2.45, 2.75) is 4.90 Å². The fourth-order valence-electron chi connectivity index (χ4n) is 1.73. The molecule has 1 N–H and O–H groups in total. The Kier molecular flexibility index (Phi) is 4.13. The van der Waals surface area contributed by atoms with E-state index in [1.807, 2.05) is 0 Å². The van der Waals surface area contributed by atoms with Gasteiger partial charge in [-0.2, -0.15) is 0 Å². The van der Waals surface area contributed by atoms with E-state index in [0.717, 1.165) is 6.07 Å². The minimum absolute atomic E-state index is 0.0448. The van der Waals surface area contributed by atoms with Gasteiger partial charge in [-0.1, -0.05) is 18.2 Å². The Morgan fingerprint density at radius 2 is 1.81 bits per heavy atom. The molecule has 0 atom stereocenters. The van der Waals surface area contributed by atoms with Crippen LogP contribution in [-0.4, -0.2) is 21.5 Å². The predicted molar refractivity (Wildman–Crippen MR) is 74.6 cm³/mol. The van der Waals surface area contributed by atoms with Crippen LogP contribution in [0.15, 0.2) is 53.4 Å². The van der Waals surface area contributed by atoms with Crippen LogP contribution in [0.5, 0.6) is 5.75 Å². The molecule has 0 unspecified atom stereocenters. The molecule has 0 bridgehead atoms. The highest BCUT2D eigenvalue weighted by molar-refractivity contribution is 7.92. The Morgan fingerprint density at radius 1 is 1.14 bits per heavy atom. The number of methoxy groups -OCH3 is 1. The molecule has 0 aromatic heterocycles. The van der Waals surface area contributed by atoms with Crippen LogP contribution in [0.2, 0.25) is 0 Å². The standard InChI is InChI=1S/C14H13NO5S/c1-20-12-8-7-10(14(16)17)9-13(12)21(18,19)15-11-5-3-2-4-6-11/h2-9,15H,1H3,(H,16,17)/p-1. The van der Waals surface area contributed by atoms with E-state index in [-0.39, 0.29) is 16.2 Å². The third kappa shape index (κ3) is 3.32. The average molecular weight is 306 g/mol. The van der Waals surface area contributed by atoms with E-state index in [2.05, 4.69) is 4.72 Å². The highest BCUT2D eigenvalue weighted by Crippen LogP contribution is 2.26. The summed E-state index contributed by atoms with van der Waals surface area (Å²) in [5, 5.41) is 10.9. The smallest absolute Gasteiger partial charge is 0.265 e. The van der Waals surface area contributed by atoms with Crippen molar-refractivity contribution in [1.29, 1.82) is 0 Å². The molecule has 0 aliphatic heterocycles. The van der Waals surface area contributed by atoms with E-state index < -0.39 is 16.0 Å². The summed E-state index contributed by atoms with van der Waals surface area (Å²) in [5.41, 5.74) is 0.114. The molecular formula is C14H12NO5S-. The van der Waals surface area contributed by atoms with E-state index >= 15 is 0 Å². The van der Waals surface area contributed by atoms with Crippen molar-refractivity contribution >= 4 is 21.7 Å². The maximum atomic E-state index is 12.4. The van der Waals surface area contributed by atoms with Crippen molar-refractivity contribution in [3.63, 3.8) is 0 Å². The Hall–Kier alpha value is -2.54. The topological polar surface area (TPSA) is 95.5 Å². The number of nitrogens with one attached hydrogen (secondary N) is 1. The summed E-state index contributed by atoms with van der Waals surface area (Å²) in [7, 11) is -2.68. The fraction of sp³-hybridized carbons (Fsp3) is 0.0714. The lowest BCUT2D eigenvalue weighted by molar-refractivity contribution is -0.255. The lowest BCUT2D eigenvalue weighted by Gasteiger charge is -2.13. The number of rotatable bonds is 5. The molecule has 21 heavy (non-hydrogen) atoms. The summed E-state index contributed by atoms with van der Waals surface area (Å²) in [6.07, 6.45) is 0. The number of carbonyl (C=O) groups excluding carboxylic acids is 1. The SMILES string of the molecule is COc1ccc(C(=O)[O-])cc1S(=O)(=O)Nc1ccccc1. The van der Waals surface area contributed by atoms with E-state index in [4.69, 9.17) is 4.74 Å². The number of carboxylic acid groups (broad SMARTS) is 1. The van der Waals surface area contributed by atoms with Crippen molar-refractivity contribution in [3.05, 3.63) is 54.1 Å². The lowest BCUT2D eigenvalue weighted by atomic mass is 10.2. The van der Waals surface area contributed by atoms with Crippen molar-refractivity contribution < 1.29 is 23.1 Å². The second-order valence-electron chi connectivity index (χ2n) is 4.12. The number of hydrogen-bond donors (Lipinski definition) is 1. The molecule has 0 saturated heterocycles. The number of hydrogen-bond acceptors (Lipinski definition) is 5. The normalized spacial score (nSPS) is 10.9. The number of carboxylic acids is 1. The monoisotopic (exact) mass is 306 g/mol. The number of anilines is 1. The highest BCUT2D eigenvalue weighted by atomic mass is 32.2. The summed E-state index contributed by atoms with van der Waals surface area (Å²) < 4.78 is 32.0. The summed E-state index contributed by atoms with van der Waals surface area (Å²) in [6, 6.07) is 11.7. The Morgan fingerprint density at radius 3 is 2.38 bits per heavy atom. The molecule has 2 rings (SSSR count). The first-order valence-electron chi connectivity index (χ1n) is 5.91. The molecule has 0 heterocycles. The maximum Gasteiger partial charge on any atom is 0.265 e. The van der Waals surface area contributed by atoms with Gasteiger partial charge in [0.25, 0.3) is 10.0 Å². The molecule has 0 aliphatic rings. The fourth-order valence-corrected chi connectivity index (χ4v) is 2.98. The zero-order chi connectivity index (χ0) is 15.5. The van der Waals surface area contributed by atoms with Crippen LogP contribution in [0.3, 0.4) is 0 Å². The number of para-hydroxylation sites is 1. The van der Waals surface area contributed by atoms with Crippen molar-refractivity contribution in [2.75, 3.05) is 11.8 Å². The van der Waals surface area contributed by atoms with Gasteiger partial charge < -0.3 is 14.6 Å². The molecule has 7 heteroatoms. The zero-order valence-corrected chi connectivity index (χ0v) is 11.9. The van der Waals surface area contributed by atoms with E-state index in [0.29, 0.717) is 5.69 Å². The van der Waals surface area contributed by atoms with E-state index in [1.54, 1.807) is 30.3 Å². The molecule has 0 saturated carbocycles. The average Bonchev–Trinajstić information content (AvgIpc) is 2.47. The van der Waals surface area contributed by atoms with Gasteiger partial charge in [-0.3, -0.25) is 4.72 Å². The highest BCUT2D eigenvalue weighted by Gasteiger charge is 2.20. The van der Waals surface area contributed by atoms with Gasteiger partial charge in [0.15, 0.2) is 0 Å². The van der Waals surface area contributed by atoms with Crippen LogP contribution in [-0.2, 0) is 10.0 Å². The third-order valence-corrected chi connectivity index (χ3v) is 4.12. The number of benzene rings is 2. The summed E-state index contributed by atoms with van der Waals surface area (Å²) in [4.78, 5) is 10.6. The Bertz CT molecular complexity index is 756. The molecule has 6 nitrogen and oxygen atoms in total. The Balaban J connectivity index is 2.48. The second kappa shape index (κ2) is 5.84. The van der Waals surface area contributed by atoms with Crippen LogP contribution in [0, 0.1) is 0 Å². The van der Waals surface area contributed by atoms with Crippen molar-refractivity contribution in [3.8, 4) is 5.75 Å². The first kappa shape index (κ1) is 14.9. The van der Waals surface area contributed by atoms with Crippen molar-refractivity contribution in [1.82, 2.24) is 0 Å². The number of carbonyl (C=O) groups is 1. The van der Waals surface area contributed by atoms with Gasteiger partial charge in [0, 0.05) is 5.69 Å². The molecule has 0 aliphatic carbocycles. The minimum atomic E-state index is -3.98. The predicted octanol–water partition coefficient (Wildman–Crippen LogP) is 0.859. The van der Waals surface area contributed by atoms with Crippen LogP contribution in [0.25, 0.3) is 0 Å². The third-order valence-electron chi connectivity index (χ3n) is 2.71. The van der Waals surface area contributed by atoms with Crippen molar-refractivity contribution in [2.24, 2.45) is 0 Å². The second-order valence-corrected chi connectivity index (χ2v) is 5.78. The molecular weight excluding hydrogens is 294 g/mol. The van der Waals surface area contributed by atoms with Gasteiger partial charge in [0.1, 0.15) is 10.6 Å². The first-order valence-corrected chi connectivity index (χ1v) is 7.39. The quantitative estimate of drug-likeness (QED) is 0.884. The van der Waals surface area contributed by atoms with Gasteiger partial charge in [0.05, 0.1) is 13.1 Å². The summed E-state index contributed by atoms with van der Waals surface area (Å²) in [6.45, 7) is 0. The van der Waals surface area contributed by atoms with Crippen LogP contribution in [0.1, 0.15) is 10.4 Å². The molecule has 2 aromatic rings. The summed E-state index contributed by atoms with van der Waals surface area (Å²) in [5.74, 6) is -1.42. The molecule has 2 aromatic carbocycles. The van der Waals surface area contributed by atoms with Gasteiger partial charge in [-0.15, -0.1) is 0 Å². The molecule has 110 valence electrons. The van der Waals surface area contributed by atoms with E-state index in [9.17, 15) is 18.3 Å². The minimum Gasteiger partial charge on any atom is -0.545 e.